The predicted molar refractivity (Wildman–Crippen MR) is 167 cm³/mol. The molecule has 7 heteroatoms. The largest absolute Gasteiger partial charge is 0.374 e. The van der Waals surface area contributed by atoms with Gasteiger partial charge in [0.1, 0.15) is 6.04 Å². The molecule has 3 rings (SSSR count). The second kappa shape index (κ2) is 18.8. The molecule has 222 valence electrons. The number of benzene rings is 1. The monoisotopic (exact) mass is 559 g/mol. The fourth-order valence-electron chi connectivity index (χ4n) is 5.11. The summed E-state index contributed by atoms with van der Waals surface area (Å²) < 4.78 is 0. The van der Waals surface area contributed by atoms with E-state index in [4.69, 9.17) is 0 Å². The molecule has 0 bridgehead atoms. The van der Waals surface area contributed by atoms with Gasteiger partial charge in [0.05, 0.1) is 0 Å². The van der Waals surface area contributed by atoms with Crippen molar-refractivity contribution in [1.82, 2.24) is 25.0 Å². The molecule has 1 aliphatic heterocycles. The van der Waals surface area contributed by atoms with Gasteiger partial charge in [0.15, 0.2) is 0 Å². The van der Waals surface area contributed by atoms with Crippen LogP contribution in [0, 0.1) is 0 Å². The molecule has 1 aromatic heterocycles. The molecule has 0 aliphatic carbocycles. The fourth-order valence-corrected chi connectivity index (χ4v) is 5.11. The number of pyridine rings is 1. The van der Waals surface area contributed by atoms with Crippen molar-refractivity contribution in [3.8, 4) is 0 Å². The van der Waals surface area contributed by atoms with Crippen molar-refractivity contribution in [3.05, 3.63) is 90.4 Å². The van der Waals surface area contributed by atoms with E-state index in [0.717, 1.165) is 56.7 Å². The van der Waals surface area contributed by atoms with Crippen LogP contribution < -0.4 is 5.32 Å². The van der Waals surface area contributed by atoms with Crippen LogP contribution >= 0.6 is 0 Å². The Morgan fingerprint density at radius 2 is 1.61 bits per heavy atom. The normalized spacial score (nSPS) is 13.4. The standard InChI is InChI=1S/C34H49N5O2/c1-3-5-22-37(23-6-4-2)27-14-28-39(32(40)17-13-26-38-24-11-8-12-25-38)33(31-18-20-35-21-19-31)34(41)36-29-30-15-9-7-10-16-30/h7-12,15-16,18-21,24,33H,3-6,13-14,17,22-23,25-29H2,1-2H3,(H,36,41). The minimum Gasteiger partial charge on any atom is -0.374 e. The van der Waals surface area contributed by atoms with Gasteiger partial charge in [-0.2, -0.15) is 0 Å². The fraction of sp³-hybridized carbons (Fsp3) is 0.500. The number of unbranched alkanes of at least 4 members (excludes halogenated alkanes) is 2. The molecule has 7 nitrogen and oxygen atoms in total. The minimum absolute atomic E-state index is 0.0203. The smallest absolute Gasteiger partial charge is 0.247 e. The third-order valence-electron chi connectivity index (χ3n) is 7.46. The molecule has 2 heterocycles. The Morgan fingerprint density at radius 1 is 0.902 bits per heavy atom. The van der Waals surface area contributed by atoms with Crippen LogP contribution in [0.2, 0.25) is 0 Å². The van der Waals surface area contributed by atoms with E-state index in [2.05, 4.69) is 46.2 Å². The Bertz CT molecular complexity index is 1070. The van der Waals surface area contributed by atoms with E-state index in [-0.39, 0.29) is 11.8 Å². The SMILES string of the molecule is CCCCN(CCCC)CCCN(C(=O)CCCN1C=CC=CC1)C(C(=O)NCc1ccccc1)c1ccncc1. The second-order valence-corrected chi connectivity index (χ2v) is 10.7. The first kappa shape index (κ1) is 32.1. The van der Waals surface area contributed by atoms with Gasteiger partial charge >= 0.3 is 0 Å². The molecule has 1 unspecified atom stereocenters. The van der Waals surface area contributed by atoms with Crippen molar-refractivity contribution in [3.63, 3.8) is 0 Å². The molecule has 1 aromatic carbocycles. The Kier molecular flexibility index (Phi) is 14.7. The van der Waals surface area contributed by atoms with Crippen molar-refractivity contribution < 1.29 is 9.59 Å². The topological polar surface area (TPSA) is 68.8 Å². The number of hydrogen-bond acceptors (Lipinski definition) is 5. The van der Waals surface area contributed by atoms with Crippen LogP contribution in [0.3, 0.4) is 0 Å². The molecule has 1 atom stereocenters. The number of carbonyl (C=O) groups excluding carboxylic acids is 2. The van der Waals surface area contributed by atoms with Gasteiger partial charge in [0.25, 0.3) is 0 Å². The van der Waals surface area contributed by atoms with Crippen molar-refractivity contribution in [2.45, 2.75) is 71.4 Å². The number of nitrogens with one attached hydrogen (secondary N) is 1. The van der Waals surface area contributed by atoms with Crippen LogP contribution in [0.4, 0.5) is 0 Å². The number of hydrogen-bond donors (Lipinski definition) is 1. The van der Waals surface area contributed by atoms with Crippen LogP contribution in [0.15, 0.2) is 79.3 Å². The Labute approximate surface area is 247 Å². The van der Waals surface area contributed by atoms with Crippen LogP contribution in [0.5, 0.6) is 0 Å². The van der Waals surface area contributed by atoms with E-state index in [0.29, 0.717) is 19.5 Å². The maximum Gasteiger partial charge on any atom is 0.247 e. The predicted octanol–water partition coefficient (Wildman–Crippen LogP) is 5.73. The third-order valence-corrected chi connectivity index (χ3v) is 7.46. The Balaban J connectivity index is 1.76. The number of nitrogens with zero attached hydrogens (tertiary/aromatic N) is 4. The highest BCUT2D eigenvalue weighted by atomic mass is 16.2. The maximum absolute atomic E-state index is 13.9. The maximum atomic E-state index is 13.9. The Morgan fingerprint density at radius 3 is 2.27 bits per heavy atom. The summed E-state index contributed by atoms with van der Waals surface area (Å²) in [6.45, 7) is 10.1. The highest BCUT2D eigenvalue weighted by Crippen LogP contribution is 2.23. The molecule has 0 saturated carbocycles. The van der Waals surface area contributed by atoms with Gasteiger partial charge in [-0.1, -0.05) is 69.2 Å². The first-order valence-electron chi connectivity index (χ1n) is 15.4. The van der Waals surface area contributed by atoms with Gasteiger partial charge < -0.3 is 20.0 Å². The zero-order valence-electron chi connectivity index (χ0n) is 25.1. The van der Waals surface area contributed by atoms with Crippen LogP contribution in [-0.4, -0.2) is 70.8 Å². The molecule has 0 spiro atoms. The highest BCUT2D eigenvalue weighted by molar-refractivity contribution is 5.88. The van der Waals surface area contributed by atoms with E-state index < -0.39 is 6.04 Å². The molecule has 2 amide bonds. The van der Waals surface area contributed by atoms with E-state index in [1.54, 1.807) is 12.4 Å². The zero-order valence-corrected chi connectivity index (χ0v) is 25.1. The summed E-state index contributed by atoms with van der Waals surface area (Å²) in [6.07, 6.45) is 18.3. The summed E-state index contributed by atoms with van der Waals surface area (Å²) in [7, 11) is 0. The quantitative estimate of drug-likeness (QED) is 0.238. The summed E-state index contributed by atoms with van der Waals surface area (Å²) >= 11 is 0. The third kappa shape index (κ3) is 11.5. The lowest BCUT2D eigenvalue weighted by Crippen LogP contribution is -2.45. The van der Waals surface area contributed by atoms with Crippen molar-refractivity contribution in [2.75, 3.05) is 39.3 Å². The van der Waals surface area contributed by atoms with Gasteiger partial charge in [0.2, 0.25) is 11.8 Å². The van der Waals surface area contributed by atoms with Crippen molar-refractivity contribution in [1.29, 1.82) is 0 Å². The second-order valence-electron chi connectivity index (χ2n) is 10.7. The molecule has 1 aliphatic rings. The van der Waals surface area contributed by atoms with E-state index >= 15 is 0 Å². The van der Waals surface area contributed by atoms with Gasteiger partial charge in [0, 0.05) is 45.0 Å². The van der Waals surface area contributed by atoms with Gasteiger partial charge in [-0.25, -0.2) is 0 Å². The van der Waals surface area contributed by atoms with E-state index in [1.807, 2.05) is 59.5 Å². The van der Waals surface area contributed by atoms with Crippen LogP contribution in [0.25, 0.3) is 0 Å². The Hall–Kier alpha value is -3.45. The van der Waals surface area contributed by atoms with E-state index in [9.17, 15) is 9.59 Å². The summed E-state index contributed by atoms with van der Waals surface area (Å²) in [5, 5.41) is 3.11. The van der Waals surface area contributed by atoms with Crippen molar-refractivity contribution >= 4 is 11.8 Å². The summed E-state index contributed by atoms with van der Waals surface area (Å²) in [6, 6.07) is 12.9. The van der Waals surface area contributed by atoms with Gasteiger partial charge in [-0.15, -0.1) is 0 Å². The number of amides is 2. The molecule has 0 saturated heterocycles. The summed E-state index contributed by atoms with van der Waals surface area (Å²) in [5.74, 6) is -0.141. The lowest BCUT2D eigenvalue weighted by atomic mass is 10.0. The van der Waals surface area contributed by atoms with Crippen LogP contribution in [-0.2, 0) is 16.1 Å². The molecular formula is C34H49N5O2. The average molecular weight is 560 g/mol. The first-order valence-corrected chi connectivity index (χ1v) is 15.4. The van der Waals surface area contributed by atoms with Crippen molar-refractivity contribution in [2.24, 2.45) is 0 Å². The average Bonchev–Trinajstić information content (AvgIpc) is 3.02. The number of carbonyl (C=O) groups is 2. The number of allylic oxidation sites excluding steroid dienone is 2. The molecule has 1 N–H and O–H groups in total. The highest BCUT2D eigenvalue weighted by Gasteiger charge is 2.31. The summed E-state index contributed by atoms with van der Waals surface area (Å²) in [4.78, 5) is 38.4. The number of aromatic nitrogens is 1. The van der Waals surface area contributed by atoms with Gasteiger partial charge in [-0.05, 0) is 80.9 Å². The molecule has 0 fully saturated rings. The molecular weight excluding hydrogens is 510 g/mol. The summed E-state index contributed by atoms with van der Waals surface area (Å²) in [5.41, 5.74) is 1.81. The minimum atomic E-state index is -0.702. The lowest BCUT2D eigenvalue weighted by Gasteiger charge is -2.33. The molecule has 0 radical (unpaired) electrons. The van der Waals surface area contributed by atoms with E-state index in [1.165, 1.54) is 25.7 Å². The van der Waals surface area contributed by atoms with Gasteiger partial charge in [-0.3, -0.25) is 14.6 Å². The van der Waals surface area contributed by atoms with Crippen LogP contribution in [0.1, 0.15) is 76.0 Å². The number of rotatable bonds is 19. The zero-order chi connectivity index (χ0) is 29.1. The molecule has 41 heavy (non-hydrogen) atoms. The lowest BCUT2D eigenvalue weighted by molar-refractivity contribution is -0.141. The molecule has 2 aromatic rings. The first-order chi connectivity index (χ1) is 20.1.